The van der Waals surface area contributed by atoms with Gasteiger partial charge in [-0.2, -0.15) is 13.2 Å². The van der Waals surface area contributed by atoms with E-state index in [1.54, 1.807) is 0 Å². The molecule has 1 amide bonds. The molecule has 1 aliphatic carbocycles. The molecule has 146 valence electrons. The lowest BCUT2D eigenvalue weighted by molar-refractivity contribution is -0.137. The molecule has 0 unspecified atom stereocenters. The average molecular weight is 384 g/mol. The normalized spacial score (nSPS) is 14.4. The summed E-state index contributed by atoms with van der Waals surface area (Å²) in [6.45, 7) is 0.173. The van der Waals surface area contributed by atoms with Gasteiger partial charge in [-0.3, -0.25) is 9.36 Å². The van der Waals surface area contributed by atoms with Crippen molar-refractivity contribution in [2.75, 3.05) is 20.3 Å². The van der Waals surface area contributed by atoms with E-state index in [1.165, 1.54) is 28.5 Å². The van der Waals surface area contributed by atoms with Gasteiger partial charge in [0.1, 0.15) is 6.61 Å². The van der Waals surface area contributed by atoms with Gasteiger partial charge in [0.05, 0.1) is 12.1 Å². The summed E-state index contributed by atoms with van der Waals surface area (Å²) < 4.78 is 46.3. The second-order valence-corrected chi connectivity index (χ2v) is 6.29. The highest BCUT2D eigenvalue weighted by Gasteiger charge is 2.33. The number of halogens is 3. The van der Waals surface area contributed by atoms with Crippen LogP contribution in [0, 0.1) is 0 Å². The van der Waals surface area contributed by atoms with Crippen molar-refractivity contribution in [3.8, 4) is 11.4 Å². The Kier molecular flexibility index (Phi) is 5.36. The smallest absolute Gasteiger partial charge is 0.375 e. The molecule has 1 fully saturated rings. The lowest BCUT2D eigenvalue weighted by Gasteiger charge is -2.09. The Morgan fingerprint density at radius 1 is 1.37 bits per heavy atom. The number of carbonyl (C=O) groups is 1. The zero-order valence-electron chi connectivity index (χ0n) is 14.6. The maximum Gasteiger partial charge on any atom is 0.416 e. The molecule has 1 aromatic heterocycles. The summed E-state index contributed by atoms with van der Waals surface area (Å²) in [4.78, 5) is 24.0. The van der Waals surface area contributed by atoms with Gasteiger partial charge in [-0.15, -0.1) is 5.10 Å². The monoisotopic (exact) mass is 384 g/mol. The minimum absolute atomic E-state index is 0.0566. The third kappa shape index (κ3) is 4.38. The summed E-state index contributed by atoms with van der Waals surface area (Å²) in [6.07, 6.45) is -2.92. The summed E-state index contributed by atoms with van der Waals surface area (Å²) in [7, 11) is 1.39. The summed E-state index contributed by atoms with van der Waals surface area (Å²) in [6, 6.07) is 4.71. The van der Waals surface area contributed by atoms with Gasteiger partial charge in [-0.25, -0.2) is 9.48 Å². The van der Waals surface area contributed by atoms with Gasteiger partial charge in [0.15, 0.2) is 5.82 Å². The number of nitrogens with one attached hydrogen (secondary N) is 1. The number of ether oxygens (including phenoxy) is 1. The standard InChI is InChI=1S/C17H19F3N4O3/c1-27-10-14(25)21-7-8-23-16(26)24(13-5-6-13)15(22-23)11-3-2-4-12(9-11)17(18,19)20/h2-4,9,13H,5-8,10H2,1H3,(H,21,25). The number of benzene rings is 1. The quantitative estimate of drug-likeness (QED) is 0.790. The van der Waals surface area contributed by atoms with Gasteiger partial charge in [0.25, 0.3) is 0 Å². The van der Waals surface area contributed by atoms with E-state index in [0.717, 1.165) is 25.0 Å². The van der Waals surface area contributed by atoms with Gasteiger partial charge >= 0.3 is 11.9 Å². The maximum atomic E-state index is 13.0. The van der Waals surface area contributed by atoms with Crippen LogP contribution in [0.3, 0.4) is 0 Å². The molecule has 3 rings (SSSR count). The first kappa shape index (κ1) is 19.2. The van der Waals surface area contributed by atoms with Crippen molar-refractivity contribution in [2.24, 2.45) is 0 Å². The molecule has 1 aliphatic rings. The van der Waals surface area contributed by atoms with Crippen molar-refractivity contribution in [3.63, 3.8) is 0 Å². The fraction of sp³-hybridized carbons (Fsp3) is 0.471. The molecule has 0 spiro atoms. The van der Waals surface area contributed by atoms with Gasteiger partial charge in [-0.1, -0.05) is 12.1 Å². The molecule has 7 nitrogen and oxygen atoms in total. The second kappa shape index (κ2) is 7.55. The molecular formula is C17H19F3N4O3. The highest BCUT2D eigenvalue weighted by molar-refractivity contribution is 5.77. The fourth-order valence-electron chi connectivity index (χ4n) is 2.74. The topological polar surface area (TPSA) is 78.2 Å². The van der Waals surface area contributed by atoms with Crippen LogP contribution < -0.4 is 11.0 Å². The molecule has 27 heavy (non-hydrogen) atoms. The zero-order chi connectivity index (χ0) is 19.6. The Balaban J connectivity index is 1.88. The van der Waals surface area contributed by atoms with Crippen molar-refractivity contribution in [1.29, 1.82) is 0 Å². The highest BCUT2D eigenvalue weighted by Crippen LogP contribution is 2.37. The molecule has 0 bridgehead atoms. The summed E-state index contributed by atoms with van der Waals surface area (Å²) in [5, 5.41) is 6.80. The van der Waals surface area contributed by atoms with E-state index in [9.17, 15) is 22.8 Å². The lowest BCUT2D eigenvalue weighted by atomic mass is 10.1. The van der Waals surface area contributed by atoms with Crippen molar-refractivity contribution in [3.05, 3.63) is 40.3 Å². The molecule has 2 aromatic rings. The van der Waals surface area contributed by atoms with E-state index in [1.807, 2.05) is 0 Å². The number of hydrogen-bond donors (Lipinski definition) is 1. The van der Waals surface area contributed by atoms with Gasteiger partial charge in [-0.05, 0) is 25.0 Å². The lowest BCUT2D eigenvalue weighted by Crippen LogP contribution is -2.33. The van der Waals surface area contributed by atoms with Crippen molar-refractivity contribution in [1.82, 2.24) is 19.7 Å². The number of carbonyl (C=O) groups excluding carboxylic acids is 1. The average Bonchev–Trinajstić information content (AvgIpc) is 3.39. The van der Waals surface area contributed by atoms with E-state index in [0.29, 0.717) is 0 Å². The molecular weight excluding hydrogens is 365 g/mol. The molecule has 0 saturated heterocycles. The molecule has 0 aliphatic heterocycles. The summed E-state index contributed by atoms with van der Waals surface area (Å²) in [5.74, 6) is -0.123. The Morgan fingerprint density at radius 3 is 2.74 bits per heavy atom. The Bertz CT molecular complexity index is 884. The number of alkyl halides is 3. The van der Waals surface area contributed by atoms with Crippen LogP contribution in [0.25, 0.3) is 11.4 Å². The molecule has 1 aromatic carbocycles. The molecule has 1 heterocycles. The Hall–Kier alpha value is -2.62. The first-order valence-electron chi connectivity index (χ1n) is 8.44. The van der Waals surface area contributed by atoms with Crippen LogP contribution in [-0.4, -0.2) is 40.5 Å². The van der Waals surface area contributed by atoms with Gasteiger partial charge in [0.2, 0.25) is 5.91 Å². The predicted octanol–water partition coefficient (Wildman–Crippen LogP) is 1.83. The van der Waals surface area contributed by atoms with Crippen molar-refractivity contribution >= 4 is 5.91 Å². The highest BCUT2D eigenvalue weighted by atomic mass is 19.4. The number of nitrogens with zero attached hydrogens (tertiary/aromatic N) is 3. The minimum Gasteiger partial charge on any atom is -0.375 e. The van der Waals surface area contributed by atoms with Crippen molar-refractivity contribution < 1.29 is 22.7 Å². The summed E-state index contributed by atoms with van der Waals surface area (Å²) >= 11 is 0. The molecule has 1 saturated carbocycles. The van der Waals surface area contributed by atoms with Crippen LogP contribution >= 0.6 is 0 Å². The van der Waals surface area contributed by atoms with Crippen LogP contribution in [0.2, 0.25) is 0 Å². The third-order valence-corrected chi connectivity index (χ3v) is 4.15. The number of hydrogen-bond acceptors (Lipinski definition) is 4. The van der Waals surface area contributed by atoms with E-state index < -0.39 is 17.4 Å². The number of rotatable bonds is 7. The van der Waals surface area contributed by atoms with Crippen LogP contribution in [-0.2, 0) is 22.3 Å². The van der Waals surface area contributed by atoms with Crippen molar-refractivity contribution in [2.45, 2.75) is 31.6 Å². The fourth-order valence-corrected chi connectivity index (χ4v) is 2.74. The number of methoxy groups -OCH3 is 1. The van der Waals surface area contributed by atoms with Gasteiger partial charge in [0, 0.05) is 25.3 Å². The SMILES string of the molecule is COCC(=O)NCCn1nc(-c2cccc(C(F)(F)F)c2)n(C2CC2)c1=O. The van der Waals surface area contributed by atoms with E-state index in [-0.39, 0.29) is 43.0 Å². The van der Waals surface area contributed by atoms with Crippen LogP contribution in [0.4, 0.5) is 13.2 Å². The molecule has 1 N–H and O–H groups in total. The predicted molar refractivity (Wildman–Crippen MR) is 90.1 cm³/mol. The number of aromatic nitrogens is 3. The second-order valence-electron chi connectivity index (χ2n) is 6.29. The van der Waals surface area contributed by atoms with E-state index in [2.05, 4.69) is 10.4 Å². The minimum atomic E-state index is -4.48. The number of amides is 1. The van der Waals surface area contributed by atoms with Crippen LogP contribution in [0.1, 0.15) is 24.4 Å². The largest absolute Gasteiger partial charge is 0.416 e. The first-order chi connectivity index (χ1) is 12.8. The third-order valence-electron chi connectivity index (χ3n) is 4.15. The zero-order valence-corrected chi connectivity index (χ0v) is 14.6. The van der Waals surface area contributed by atoms with E-state index in [4.69, 9.17) is 4.74 Å². The maximum absolute atomic E-state index is 13.0. The molecule has 0 radical (unpaired) electrons. The Labute approximate surface area is 152 Å². The van der Waals surface area contributed by atoms with Crippen LogP contribution in [0.5, 0.6) is 0 Å². The Morgan fingerprint density at radius 2 is 2.11 bits per heavy atom. The molecule has 10 heteroatoms. The first-order valence-corrected chi connectivity index (χ1v) is 8.44. The van der Waals surface area contributed by atoms with E-state index >= 15 is 0 Å². The van der Waals surface area contributed by atoms with Crippen LogP contribution in [0.15, 0.2) is 29.1 Å². The molecule has 0 atom stereocenters. The summed E-state index contributed by atoms with van der Waals surface area (Å²) in [5.41, 5.74) is -0.960. The van der Waals surface area contributed by atoms with Gasteiger partial charge < -0.3 is 10.1 Å².